The van der Waals surface area contributed by atoms with E-state index in [2.05, 4.69) is 21.2 Å². The summed E-state index contributed by atoms with van der Waals surface area (Å²) in [5.74, 6) is -1.62. The van der Waals surface area contributed by atoms with E-state index in [1.165, 1.54) is 6.07 Å². The quantitative estimate of drug-likeness (QED) is 0.791. The van der Waals surface area contributed by atoms with Gasteiger partial charge in [-0.15, -0.1) is 0 Å². The van der Waals surface area contributed by atoms with Crippen molar-refractivity contribution in [2.24, 2.45) is 0 Å². The lowest BCUT2D eigenvalue weighted by Crippen LogP contribution is -2.29. The molecule has 0 aliphatic carbocycles. The van der Waals surface area contributed by atoms with Gasteiger partial charge in [0.1, 0.15) is 12.4 Å². The molecular weight excluding hydrogens is 356 g/mol. The minimum Gasteiger partial charge on any atom is -0.489 e. The number of amides is 1. The first-order chi connectivity index (χ1) is 10.6. The summed E-state index contributed by atoms with van der Waals surface area (Å²) in [5, 5.41) is 2.68. The summed E-state index contributed by atoms with van der Waals surface area (Å²) in [4.78, 5) is 11.8. The maximum atomic E-state index is 13.3. The number of hydrogen-bond acceptors (Lipinski definition) is 2. The van der Waals surface area contributed by atoms with Crippen molar-refractivity contribution in [3.05, 3.63) is 64.1 Å². The van der Waals surface area contributed by atoms with E-state index in [-0.39, 0.29) is 31.2 Å². The topological polar surface area (TPSA) is 38.3 Å². The Bertz CT molecular complexity index is 664. The van der Waals surface area contributed by atoms with Gasteiger partial charge in [0, 0.05) is 10.5 Å². The molecule has 0 aliphatic heterocycles. The zero-order valence-electron chi connectivity index (χ0n) is 11.6. The second-order valence-electron chi connectivity index (χ2n) is 4.54. The fraction of sp³-hybridized carbons (Fsp3) is 0.188. The summed E-state index contributed by atoms with van der Waals surface area (Å²) < 4.78 is 32.1. The van der Waals surface area contributed by atoms with Crippen LogP contribution in [-0.4, -0.2) is 19.1 Å². The molecule has 0 spiro atoms. The van der Waals surface area contributed by atoms with Crippen LogP contribution in [0.15, 0.2) is 46.9 Å². The number of nitrogens with one attached hydrogen (secondary N) is 1. The third-order valence-electron chi connectivity index (χ3n) is 2.88. The van der Waals surface area contributed by atoms with Gasteiger partial charge in [-0.1, -0.05) is 34.1 Å². The first-order valence-corrected chi connectivity index (χ1v) is 7.43. The molecule has 0 heterocycles. The summed E-state index contributed by atoms with van der Waals surface area (Å²) in [6.07, 6.45) is 0.242. The van der Waals surface area contributed by atoms with Crippen LogP contribution >= 0.6 is 15.9 Å². The van der Waals surface area contributed by atoms with Gasteiger partial charge in [0.05, 0.1) is 13.0 Å². The third kappa shape index (κ3) is 4.80. The van der Waals surface area contributed by atoms with Crippen LogP contribution < -0.4 is 10.1 Å². The number of benzene rings is 2. The molecule has 1 amide bonds. The molecule has 0 saturated carbocycles. The van der Waals surface area contributed by atoms with Gasteiger partial charge in [0.15, 0.2) is 11.6 Å². The highest BCUT2D eigenvalue weighted by Gasteiger charge is 2.07. The highest BCUT2D eigenvalue weighted by Crippen LogP contribution is 2.17. The van der Waals surface area contributed by atoms with Crippen molar-refractivity contribution < 1.29 is 18.3 Å². The summed E-state index contributed by atoms with van der Waals surface area (Å²) in [6, 6.07) is 10.5. The molecule has 0 aliphatic rings. The van der Waals surface area contributed by atoms with Crippen molar-refractivity contribution in [3.63, 3.8) is 0 Å². The van der Waals surface area contributed by atoms with Crippen LogP contribution in [0.1, 0.15) is 5.56 Å². The first-order valence-electron chi connectivity index (χ1n) is 6.64. The molecule has 3 nitrogen and oxygen atoms in total. The second kappa shape index (κ2) is 7.89. The lowest BCUT2D eigenvalue weighted by molar-refractivity contribution is -0.120. The predicted molar refractivity (Wildman–Crippen MR) is 82.7 cm³/mol. The number of hydrogen-bond donors (Lipinski definition) is 1. The normalized spacial score (nSPS) is 10.3. The number of halogens is 3. The van der Waals surface area contributed by atoms with Crippen molar-refractivity contribution in [2.45, 2.75) is 6.42 Å². The Labute approximate surface area is 135 Å². The van der Waals surface area contributed by atoms with Gasteiger partial charge < -0.3 is 10.1 Å². The molecule has 6 heteroatoms. The van der Waals surface area contributed by atoms with Gasteiger partial charge in [-0.2, -0.15) is 0 Å². The van der Waals surface area contributed by atoms with Crippen LogP contribution in [0.4, 0.5) is 8.78 Å². The maximum absolute atomic E-state index is 13.3. The second-order valence-corrected chi connectivity index (χ2v) is 5.40. The Morgan fingerprint density at radius 1 is 1.18 bits per heavy atom. The Kier molecular flexibility index (Phi) is 5.89. The largest absolute Gasteiger partial charge is 0.489 e. The number of rotatable bonds is 6. The Hall–Kier alpha value is -1.95. The molecule has 1 N–H and O–H groups in total. The number of ether oxygens (including phenoxy) is 1. The van der Waals surface area contributed by atoms with Crippen LogP contribution in [0.2, 0.25) is 0 Å². The molecule has 0 radical (unpaired) electrons. The SMILES string of the molecule is O=C(Cc1ccccc1Br)NCCOc1ccc(F)cc1F. The summed E-state index contributed by atoms with van der Waals surface area (Å²) in [5.41, 5.74) is 0.880. The molecule has 22 heavy (non-hydrogen) atoms. The Morgan fingerprint density at radius 3 is 2.68 bits per heavy atom. The van der Waals surface area contributed by atoms with Crippen LogP contribution in [0.25, 0.3) is 0 Å². The van der Waals surface area contributed by atoms with E-state index in [0.29, 0.717) is 0 Å². The van der Waals surface area contributed by atoms with E-state index in [4.69, 9.17) is 4.74 Å². The Balaban J connectivity index is 1.74. The van der Waals surface area contributed by atoms with E-state index in [0.717, 1.165) is 22.2 Å². The standard InChI is InChI=1S/C16H14BrF2NO2/c17-13-4-2-1-3-11(13)9-16(21)20-7-8-22-15-6-5-12(18)10-14(15)19/h1-6,10H,7-9H2,(H,20,21). The molecule has 2 aromatic carbocycles. The fourth-order valence-electron chi connectivity index (χ4n) is 1.82. The Morgan fingerprint density at radius 2 is 1.95 bits per heavy atom. The lowest BCUT2D eigenvalue weighted by Gasteiger charge is -2.09. The zero-order chi connectivity index (χ0) is 15.9. The fourth-order valence-corrected chi connectivity index (χ4v) is 2.25. The van der Waals surface area contributed by atoms with E-state index in [9.17, 15) is 13.6 Å². The zero-order valence-corrected chi connectivity index (χ0v) is 13.2. The van der Waals surface area contributed by atoms with Crippen LogP contribution in [0.3, 0.4) is 0 Å². The van der Waals surface area contributed by atoms with Crippen molar-refractivity contribution in [1.29, 1.82) is 0 Å². The van der Waals surface area contributed by atoms with Crippen molar-refractivity contribution in [1.82, 2.24) is 5.32 Å². The molecule has 116 valence electrons. The average molecular weight is 370 g/mol. The minimum absolute atomic E-state index is 0.0403. The predicted octanol–water partition coefficient (Wildman–Crippen LogP) is 3.47. The van der Waals surface area contributed by atoms with Gasteiger partial charge in [0.2, 0.25) is 5.91 Å². The highest BCUT2D eigenvalue weighted by atomic mass is 79.9. The molecule has 0 fully saturated rings. The molecule has 0 saturated heterocycles. The van der Waals surface area contributed by atoms with Gasteiger partial charge in [0.25, 0.3) is 0 Å². The van der Waals surface area contributed by atoms with Gasteiger partial charge in [-0.25, -0.2) is 8.78 Å². The van der Waals surface area contributed by atoms with Crippen LogP contribution in [0, 0.1) is 11.6 Å². The van der Waals surface area contributed by atoms with Gasteiger partial charge in [-0.05, 0) is 23.8 Å². The molecule has 0 bridgehead atoms. The van der Waals surface area contributed by atoms with Crippen molar-refractivity contribution in [2.75, 3.05) is 13.2 Å². The van der Waals surface area contributed by atoms with E-state index < -0.39 is 11.6 Å². The van der Waals surface area contributed by atoms with Gasteiger partial charge in [-0.3, -0.25) is 4.79 Å². The summed E-state index contributed by atoms with van der Waals surface area (Å²) in [6.45, 7) is 0.338. The highest BCUT2D eigenvalue weighted by molar-refractivity contribution is 9.10. The monoisotopic (exact) mass is 369 g/mol. The first kappa shape index (κ1) is 16.4. The molecule has 2 aromatic rings. The summed E-state index contributed by atoms with van der Waals surface area (Å²) >= 11 is 3.37. The van der Waals surface area contributed by atoms with Crippen molar-refractivity contribution >= 4 is 21.8 Å². The van der Waals surface area contributed by atoms with E-state index in [1.54, 1.807) is 0 Å². The molecule has 0 unspecified atom stereocenters. The van der Waals surface area contributed by atoms with E-state index in [1.807, 2.05) is 24.3 Å². The van der Waals surface area contributed by atoms with Crippen LogP contribution in [-0.2, 0) is 11.2 Å². The smallest absolute Gasteiger partial charge is 0.224 e. The lowest BCUT2D eigenvalue weighted by atomic mass is 10.1. The molecule has 0 aromatic heterocycles. The number of carbonyl (C=O) groups excluding carboxylic acids is 1. The molecular formula is C16H14BrF2NO2. The summed E-state index contributed by atoms with van der Waals surface area (Å²) in [7, 11) is 0. The third-order valence-corrected chi connectivity index (χ3v) is 3.66. The average Bonchev–Trinajstić information content (AvgIpc) is 2.48. The molecule has 0 atom stereocenters. The number of carbonyl (C=O) groups is 1. The maximum Gasteiger partial charge on any atom is 0.224 e. The van der Waals surface area contributed by atoms with Crippen molar-refractivity contribution in [3.8, 4) is 5.75 Å². The van der Waals surface area contributed by atoms with E-state index >= 15 is 0 Å². The van der Waals surface area contributed by atoms with Crippen LogP contribution in [0.5, 0.6) is 5.75 Å². The van der Waals surface area contributed by atoms with Gasteiger partial charge >= 0.3 is 0 Å². The minimum atomic E-state index is -0.764. The molecule has 2 rings (SSSR count).